The fourth-order valence-corrected chi connectivity index (χ4v) is 8.37. The highest BCUT2D eigenvalue weighted by atomic mass is 16.5. The van der Waals surface area contributed by atoms with Crippen LogP contribution in [-0.4, -0.2) is 9.97 Å². The molecule has 2 aromatic heterocycles. The minimum Gasteiger partial charge on any atom is -0.457 e. The van der Waals surface area contributed by atoms with Gasteiger partial charge in [0.15, 0.2) is 5.82 Å². The topological polar surface area (TPSA) is 48.2 Å². The maximum Gasteiger partial charge on any atom is 0.160 e. The van der Waals surface area contributed by atoms with Crippen molar-refractivity contribution in [3.8, 4) is 56.5 Å². The molecule has 4 heteroatoms. The molecule has 1 aliphatic heterocycles. The van der Waals surface area contributed by atoms with Crippen LogP contribution in [0.1, 0.15) is 22.3 Å². The van der Waals surface area contributed by atoms with Crippen molar-refractivity contribution >= 4 is 21.9 Å². The number of nitrogens with zero attached hydrogens (tertiary/aromatic N) is 2. The summed E-state index contributed by atoms with van der Waals surface area (Å²) in [4.78, 5) is 10.4. The van der Waals surface area contributed by atoms with E-state index in [0.29, 0.717) is 5.82 Å². The molecule has 1 spiro atoms. The maximum absolute atomic E-state index is 6.80. The lowest BCUT2D eigenvalue weighted by Crippen LogP contribution is -2.32. The predicted octanol–water partition coefficient (Wildman–Crippen LogP) is 11.8. The average molecular weight is 653 g/mol. The minimum absolute atomic E-state index is 0.518. The number of aromatic nitrogens is 2. The van der Waals surface area contributed by atoms with Gasteiger partial charge < -0.3 is 9.15 Å². The van der Waals surface area contributed by atoms with E-state index in [9.17, 15) is 0 Å². The maximum atomic E-state index is 6.80. The van der Waals surface area contributed by atoms with Gasteiger partial charge in [0.2, 0.25) is 0 Å². The second kappa shape index (κ2) is 10.6. The van der Waals surface area contributed by atoms with Gasteiger partial charge in [0.05, 0.1) is 16.8 Å². The Morgan fingerprint density at radius 2 is 1.00 bits per heavy atom. The Kier molecular flexibility index (Phi) is 5.84. The Morgan fingerprint density at radius 1 is 0.392 bits per heavy atom. The van der Waals surface area contributed by atoms with Gasteiger partial charge in [-0.05, 0) is 58.7 Å². The van der Waals surface area contributed by atoms with Crippen LogP contribution in [0.5, 0.6) is 11.5 Å². The molecule has 0 saturated carbocycles. The van der Waals surface area contributed by atoms with Crippen molar-refractivity contribution < 1.29 is 9.15 Å². The molecule has 0 radical (unpaired) electrons. The first-order valence-electron chi connectivity index (χ1n) is 17.2. The number of hydrogen-bond donors (Lipinski definition) is 0. The summed E-state index contributed by atoms with van der Waals surface area (Å²) in [6.45, 7) is 0. The number of rotatable bonds is 3. The molecule has 238 valence electrons. The van der Waals surface area contributed by atoms with Crippen molar-refractivity contribution in [1.29, 1.82) is 0 Å². The lowest BCUT2D eigenvalue weighted by atomic mass is 9.66. The molecule has 0 fully saturated rings. The van der Waals surface area contributed by atoms with Crippen LogP contribution in [0.25, 0.3) is 67.0 Å². The Balaban J connectivity index is 1.12. The summed E-state index contributed by atoms with van der Waals surface area (Å²) < 4.78 is 13.1. The first-order valence-corrected chi connectivity index (χ1v) is 17.2. The van der Waals surface area contributed by atoms with Gasteiger partial charge in [-0.2, -0.15) is 0 Å². The molecule has 0 atom stereocenters. The third kappa shape index (κ3) is 4.02. The zero-order valence-corrected chi connectivity index (χ0v) is 27.4. The van der Waals surface area contributed by atoms with E-state index < -0.39 is 5.41 Å². The van der Waals surface area contributed by atoms with Crippen LogP contribution >= 0.6 is 0 Å². The first kappa shape index (κ1) is 28.1. The monoisotopic (exact) mass is 652 g/mol. The molecular weight excluding hydrogens is 625 g/mol. The zero-order valence-electron chi connectivity index (χ0n) is 27.4. The summed E-state index contributed by atoms with van der Waals surface area (Å²) in [6.07, 6.45) is 0. The van der Waals surface area contributed by atoms with Gasteiger partial charge in [0, 0.05) is 38.6 Å². The summed E-state index contributed by atoms with van der Waals surface area (Å²) in [6, 6.07) is 59.3. The second-order valence-electron chi connectivity index (χ2n) is 13.3. The molecule has 0 saturated heterocycles. The molecule has 51 heavy (non-hydrogen) atoms. The van der Waals surface area contributed by atoms with Gasteiger partial charge in [-0.3, -0.25) is 0 Å². The van der Waals surface area contributed by atoms with E-state index in [4.69, 9.17) is 19.1 Å². The molecule has 2 aliphatic rings. The molecule has 0 unspecified atom stereocenters. The third-order valence-electron chi connectivity index (χ3n) is 10.6. The fourth-order valence-electron chi connectivity index (χ4n) is 8.37. The Morgan fingerprint density at radius 3 is 1.80 bits per heavy atom. The van der Waals surface area contributed by atoms with E-state index in [1.165, 1.54) is 22.3 Å². The number of ether oxygens (including phenoxy) is 1. The van der Waals surface area contributed by atoms with E-state index in [1.54, 1.807) is 0 Å². The average Bonchev–Trinajstić information content (AvgIpc) is 3.72. The molecule has 9 aromatic rings. The molecule has 0 amide bonds. The molecular formula is C47H28N2O2. The fraction of sp³-hybridized carbons (Fsp3) is 0.0213. The van der Waals surface area contributed by atoms with Crippen LogP contribution in [0.4, 0.5) is 0 Å². The van der Waals surface area contributed by atoms with Crippen molar-refractivity contribution in [2.24, 2.45) is 0 Å². The summed E-state index contributed by atoms with van der Waals surface area (Å²) in [5.74, 6) is 2.28. The third-order valence-corrected chi connectivity index (χ3v) is 10.6. The molecule has 11 rings (SSSR count). The van der Waals surface area contributed by atoms with Crippen molar-refractivity contribution in [2.45, 2.75) is 5.41 Å². The summed E-state index contributed by atoms with van der Waals surface area (Å²) >= 11 is 0. The molecule has 0 N–H and O–H groups in total. The number of fused-ring (bicyclic) bond motifs is 12. The Labute approximate surface area is 294 Å². The van der Waals surface area contributed by atoms with Crippen LogP contribution in [0.15, 0.2) is 174 Å². The first-order chi connectivity index (χ1) is 25.3. The number of hydrogen-bond acceptors (Lipinski definition) is 4. The van der Waals surface area contributed by atoms with Gasteiger partial charge in [-0.15, -0.1) is 0 Å². The van der Waals surface area contributed by atoms with Crippen molar-refractivity contribution in [1.82, 2.24) is 9.97 Å². The van der Waals surface area contributed by atoms with Gasteiger partial charge in [0.1, 0.15) is 22.7 Å². The summed E-state index contributed by atoms with van der Waals surface area (Å²) in [7, 11) is 0. The van der Waals surface area contributed by atoms with E-state index in [0.717, 1.165) is 72.6 Å². The zero-order chi connectivity index (χ0) is 33.5. The Bertz CT molecular complexity index is 2810. The smallest absolute Gasteiger partial charge is 0.160 e. The highest BCUT2D eigenvalue weighted by molar-refractivity contribution is 6.05. The summed E-state index contributed by atoms with van der Waals surface area (Å²) in [5, 5.41) is 2.19. The van der Waals surface area contributed by atoms with Crippen molar-refractivity contribution in [3.05, 3.63) is 192 Å². The van der Waals surface area contributed by atoms with Gasteiger partial charge in [-0.1, -0.05) is 133 Å². The van der Waals surface area contributed by atoms with Gasteiger partial charge in [-0.25, -0.2) is 9.97 Å². The summed E-state index contributed by atoms with van der Waals surface area (Å²) in [5.41, 5.74) is 13.0. The van der Waals surface area contributed by atoms with Gasteiger partial charge >= 0.3 is 0 Å². The van der Waals surface area contributed by atoms with Crippen molar-refractivity contribution in [3.63, 3.8) is 0 Å². The van der Waals surface area contributed by atoms with Crippen LogP contribution in [0, 0.1) is 0 Å². The van der Waals surface area contributed by atoms with E-state index in [1.807, 2.05) is 42.5 Å². The lowest BCUT2D eigenvalue weighted by Gasteiger charge is -2.39. The highest BCUT2D eigenvalue weighted by Gasteiger charge is 2.50. The van der Waals surface area contributed by atoms with E-state index in [2.05, 4.69) is 127 Å². The van der Waals surface area contributed by atoms with E-state index in [-0.39, 0.29) is 0 Å². The standard InChI is InChI=1S/C47H28N2O2/c1-2-12-29(13-3-1)40-28-41(30-22-24-35-34-16-6-10-20-42(34)50-44(35)26-30)49-46(48-40)31-23-25-39-45(27-31)51-43-21-11-9-19-38(43)47(39)36-17-7-4-14-32(36)33-15-5-8-18-37(33)47/h1-28H. The number of furan rings is 1. The Hall–Kier alpha value is -6.78. The molecule has 4 nitrogen and oxygen atoms in total. The predicted molar refractivity (Wildman–Crippen MR) is 203 cm³/mol. The molecule has 7 aromatic carbocycles. The molecule has 0 bridgehead atoms. The number of para-hydroxylation sites is 2. The number of benzene rings is 7. The van der Waals surface area contributed by atoms with Gasteiger partial charge in [0.25, 0.3) is 0 Å². The van der Waals surface area contributed by atoms with Crippen LogP contribution in [0.2, 0.25) is 0 Å². The SMILES string of the molecule is c1ccc(-c2cc(-c3ccc4c(c3)oc3ccccc34)nc(-c3ccc4c(c3)Oc3ccccc3C43c4ccccc4-c4ccccc43)n2)cc1. The van der Waals surface area contributed by atoms with Crippen molar-refractivity contribution in [2.75, 3.05) is 0 Å². The minimum atomic E-state index is -0.518. The quantitative estimate of drug-likeness (QED) is 0.191. The van der Waals surface area contributed by atoms with Crippen LogP contribution < -0.4 is 4.74 Å². The normalized spacial score (nSPS) is 13.4. The lowest BCUT2D eigenvalue weighted by molar-refractivity contribution is 0.436. The van der Waals surface area contributed by atoms with E-state index >= 15 is 0 Å². The molecule has 1 aliphatic carbocycles. The highest BCUT2D eigenvalue weighted by Crippen LogP contribution is 2.62. The molecule has 3 heterocycles. The largest absolute Gasteiger partial charge is 0.457 e. The second-order valence-corrected chi connectivity index (χ2v) is 13.3. The van der Waals surface area contributed by atoms with Crippen LogP contribution in [0.3, 0.4) is 0 Å². The van der Waals surface area contributed by atoms with Crippen LogP contribution in [-0.2, 0) is 5.41 Å².